The number of hydrogen-bond donors (Lipinski definition) is 1. The van der Waals surface area contributed by atoms with Crippen LogP contribution in [0.1, 0.15) is 39.7 Å². The average Bonchev–Trinajstić information content (AvgIpc) is 2.78. The van der Waals surface area contributed by atoms with Crippen LogP contribution in [-0.2, 0) is 12.6 Å². The zero-order valence-electron chi connectivity index (χ0n) is 11.5. The number of nitrogens with two attached hydrogens (primary N) is 1. The minimum atomic E-state index is -4.74. The molecule has 2 aromatic rings. The van der Waals surface area contributed by atoms with E-state index in [0.29, 0.717) is 5.01 Å². The third kappa shape index (κ3) is 3.24. The van der Waals surface area contributed by atoms with Gasteiger partial charge in [-0.3, -0.25) is 0 Å². The quantitative estimate of drug-likeness (QED) is 0.861. The largest absolute Gasteiger partial charge is 0.419 e. The van der Waals surface area contributed by atoms with Gasteiger partial charge >= 0.3 is 6.18 Å². The standard InChI is InChI=1S/C14H14F4N2S/c1-3-11-7(2)21-13(20-11)12(19)8-4-5-10(15)9(6-8)14(16,17)18/h4-6,12H,3,19H2,1-2H3. The van der Waals surface area contributed by atoms with Crippen LogP contribution in [0.2, 0.25) is 0 Å². The fourth-order valence-corrected chi connectivity index (χ4v) is 3.05. The summed E-state index contributed by atoms with van der Waals surface area (Å²) in [6.45, 7) is 3.83. The number of halogens is 4. The van der Waals surface area contributed by atoms with E-state index in [1.165, 1.54) is 17.4 Å². The van der Waals surface area contributed by atoms with Crippen LogP contribution in [0.5, 0.6) is 0 Å². The SMILES string of the molecule is CCc1nc(C(N)c2ccc(F)c(C(F)(F)F)c2)sc1C. The lowest BCUT2D eigenvalue weighted by Crippen LogP contribution is -2.15. The summed E-state index contributed by atoms with van der Waals surface area (Å²) in [5, 5.41) is 0.532. The monoisotopic (exact) mass is 318 g/mol. The Kier molecular flexibility index (Phi) is 4.34. The number of aromatic nitrogens is 1. The van der Waals surface area contributed by atoms with Crippen LogP contribution >= 0.6 is 11.3 Å². The molecule has 2 rings (SSSR count). The van der Waals surface area contributed by atoms with Gasteiger partial charge in [0.05, 0.1) is 17.3 Å². The van der Waals surface area contributed by atoms with Gasteiger partial charge in [0.1, 0.15) is 10.8 Å². The van der Waals surface area contributed by atoms with Crippen LogP contribution < -0.4 is 5.73 Å². The molecule has 0 fully saturated rings. The zero-order valence-corrected chi connectivity index (χ0v) is 12.3. The molecule has 0 bridgehead atoms. The summed E-state index contributed by atoms with van der Waals surface area (Å²) >= 11 is 1.35. The Hall–Kier alpha value is -1.47. The van der Waals surface area contributed by atoms with Crippen molar-refractivity contribution < 1.29 is 17.6 Å². The van der Waals surface area contributed by atoms with E-state index in [1.54, 1.807) is 0 Å². The van der Waals surface area contributed by atoms with Gasteiger partial charge in [0, 0.05) is 4.88 Å². The molecule has 0 radical (unpaired) electrons. The minimum absolute atomic E-state index is 0.195. The number of aryl methyl sites for hydroxylation is 2. The molecule has 2 N–H and O–H groups in total. The summed E-state index contributed by atoms with van der Waals surface area (Å²) in [6.07, 6.45) is -4.01. The summed E-state index contributed by atoms with van der Waals surface area (Å²) in [5.74, 6) is -1.30. The molecule has 0 aliphatic heterocycles. The molecular weight excluding hydrogens is 304 g/mol. The van der Waals surface area contributed by atoms with Gasteiger partial charge in [0.25, 0.3) is 0 Å². The number of hydrogen-bond acceptors (Lipinski definition) is 3. The molecule has 114 valence electrons. The van der Waals surface area contributed by atoms with Crippen LogP contribution in [0.15, 0.2) is 18.2 Å². The fraction of sp³-hybridized carbons (Fsp3) is 0.357. The molecule has 21 heavy (non-hydrogen) atoms. The van der Waals surface area contributed by atoms with Gasteiger partial charge in [-0.15, -0.1) is 11.3 Å². The van der Waals surface area contributed by atoms with E-state index in [4.69, 9.17) is 5.73 Å². The van der Waals surface area contributed by atoms with Crippen molar-refractivity contribution in [2.24, 2.45) is 5.73 Å². The van der Waals surface area contributed by atoms with Crippen LogP contribution in [0.25, 0.3) is 0 Å². The van der Waals surface area contributed by atoms with Gasteiger partial charge < -0.3 is 5.73 Å². The predicted octanol–water partition coefficient (Wildman–Crippen LogP) is 4.22. The van der Waals surface area contributed by atoms with E-state index in [0.717, 1.165) is 29.1 Å². The highest BCUT2D eigenvalue weighted by Gasteiger charge is 2.34. The topological polar surface area (TPSA) is 38.9 Å². The highest BCUT2D eigenvalue weighted by Crippen LogP contribution is 2.34. The second-order valence-electron chi connectivity index (χ2n) is 4.62. The Bertz CT molecular complexity index is 649. The van der Waals surface area contributed by atoms with Crippen molar-refractivity contribution >= 4 is 11.3 Å². The summed E-state index contributed by atoms with van der Waals surface area (Å²) in [5.41, 5.74) is 5.74. The molecule has 1 unspecified atom stereocenters. The van der Waals surface area contributed by atoms with E-state index in [2.05, 4.69) is 4.98 Å². The molecule has 1 atom stereocenters. The number of thiazole rings is 1. The first-order valence-electron chi connectivity index (χ1n) is 6.32. The first kappa shape index (κ1) is 15.9. The Balaban J connectivity index is 2.41. The smallest absolute Gasteiger partial charge is 0.318 e. The molecule has 0 aliphatic rings. The van der Waals surface area contributed by atoms with Gasteiger partial charge in [0.2, 0.25) is 0 Å². The van der Waals surface area contributed by atoms with Crippen molar-refractivity contribution in [3.05, 3.63) is 50.7 Å². The molecule has 1 aromatic carbocycles. The maximum atomic E-state index is 13.3. The van der Waals surface area contributed by atoms with E-state index >= 15 is 0 Å². The van der Waals surface area contributed by atoms with Gasteiger partial charge in [-0.05, 0) is 31.0 Å². The summed E-state index contributed by atoms with van der Waals surface area (Å²) in [4.78, 5) is 5.32. The van der Waals surface area contributed by atoms with Gasteiger partial charge in [-0.1, -0.05) is 13.0 Å². The zero-order chi connectivity index (χ0) is 15.8. The molecule has 0 saturated heterocycles. The van der Waals surface area contributed by atoms with Crippen molar-refractivity contribution in [2.75, 3.05) is 0 Å². The fourth-order valence-electron chi connectivity index (χ4n) is 2.01. The Morgan fingerprint density at radius 1 is 1.33 bits per heavy atom. The third-order valence-corrected chi connectivity index (χ3v) is 4.26. The maximum Gasteiger partial charge on any atom is 0.419 e. The van der Waals surface area contributed by atoms with Crippen molar-refractivity contribution in [2.45, 2.75) is 32.5 Å². The highest BCUT2D eigenvalue weighted by molar-refractivity contribution is 7.11. The first-order chi connectivity index (χ1) is 9.74. The Morgan fingerprint density at radius 3 is 2.52 bits per heavy atom. The van der Waals surface area contributed by atoms with Crippen molar-refractivity contribution in [1.29, 1.82) is 0 Å². The number of benzene rings is 1. The summed E-state index contributed by atoms with van der Waals surface area (Å²) < 4.78 is 51.5. The maximum absolute atomic E-state index is 13.3. The van der Waals surface area contributed by atoms with Crippen molar-refractivity contribution in [1.82, 2.24) is 4.98 Å². The third-order valence-electron chi connectivity index (χ3n) is 3.17. The molecule has 1 aromatic heterocycles. The summed E-state index contributed by atoms with van der Waals surface area (Å²) in [6, 6.07) is 2.01. The van der Waals surface area contributed by atoms with Crippen molar-refractivity contribution in [3.8, 4) is 0 Å². The second-order valence-corrected chi connectivity index (χ2v) is 5.86. The van der Waals surface area contributed by atoms with E-state index < -0.39 is 23.6 Å². The Labute approximate surface area is 123 Å². The van der Waals surface area contributed by atoms with E-state index in [1.807, 2.05) is 13.8 Å². The second kappa shape index (κ2) is 5.73. The van der Waals surface area contributed by atoms with Crippen LogP contribution in [0, 0.1) is 12.7 Å². The predicted molar refractivity (Wildman–Crippen MR) is 73.7 cm³/mol. The van der Waals surface area contributed by atoms with Gasteiger partial charge in [-0.25, -0.2) is 9.37 Å². The molecule has 7 heteroatoms. The Morgan fingerprint density at radius 2 is 2.00 bits per heavy atom. The number of rotatable bonds is 3. The lowest BCUT2D eigenvalue weighted by Gasteiger charge is -2.13. The number of nitrogens with zero attached hydrogens (tertiary/aromatic N) is 1. The van der Waals surface area contributed by atoms with E-state index in [-0.39, 0.29) is 5.56 Å². The van der Waals surface area contributed by atoms with E-state index in [9.17, 15) is 17.6 Å². The molecule has 0 amide bonds. The van der Waals surface area contributed by atoms with Crippen LogP contribution in [0.4, 0.5) is 17.6 Å². The highest BCUT2D eigenvalue weighted by atomic mass is 32.1. The summed E-state index contributed by atoms with van der Waals surface area (Å²) in [7, 11) is 0. The lowest BCUT2D eigenvalue weighted by atomic mass is 10.0. The molecule has 0 saturated carbocycles. The molecule has 0 aliphatic carbocycles. The first-order valence-corrected chi connectivity index (χ1v) is 7.14. The minimum Gasteiger partial charge on any atom is -0.318 e. The molecular formula is C14H14F4N2S. The number of alkyl halides is 3. The van der Waals surface area contributed by atoms with Gasteiger partial charge in [-0.2, -0.15) is 13.2 Å². The van der Waals surface area contributed by atoms with Crippen LogP contribution in [0.3, 0.4) is 0 Å². The molecule has 1 heterocycles. The van der Waals surface area contributed by atoms with Crippen LogP contribution in [-0.4, -0.2) is 4.98 Å². The average molecular weight is 318 g/mol. The lowest BCUT2D eigenvalue weighted by molar-refractivity contribution is -0.140. The van der Waals surface area contributed by atoms with Crippen molar-refractivity contribution in [3.63, 3.8) is 0 Å². The molecule has 0 spiro atoms. The molecule has 2 nitrogen and oxygen atoms in total. The normalized spacial score (nSPS) is 13.5. The van der Waals surface area contributed by atoms with Gasteiger partial charge in [0.15, 0.2) is 0 Å².